The fraction of sp³-hybridized carbons (Fsp3) is 0. The summed E-state index contributed by atoms with van der Waals surface area (Å²) in [6.45, 7) is 0. The molecule has 0 aliphatic rings. The van der Waals surface area contributed by atoms with Crippen LogP contribution in [0.5, 0.6) is 0 Å². The minimum Gasteiger partial charge on any atom is -0.397 e. The summed E-state index contributed by atoms with van der Waals surface area (Å²) in [7, 11) is 0. The Bertz CT molecular complexity index is 463. The quantitative estimate of drug-likeness (QED) is 0.562. The number of nitrogens with zero attached hydrogens (tertiary/aromatic N) is 2. The van der Waals surface area contributed by atoms with Crippen molar-refractivity contribution < 1.29 is 0 Å². The Morgan fingerprint density at radius 3 is 3.08 bits per heavy atom. The Morgan fingerprint density at radius 1 is 1.50 bits per heavy atom. The lowest BCUT2D eigenvalue weighted by atomic mass is 10.2. The van der Waals surface area contributed by atoms with Crippen LogP contribution in [0, 0.1) is 11.3 Å². The molecule has 0 aliphatic heterocycles. The lowest BCUT2D eigenvalue weighted by molar-refractivity contribution is 1.10. The maximum atomic E-state index is 8.64. The maximum Gasteiger partial charge on any atom is 0.170 e. The van der Waals surface area contributed by atoms with Crippen molar-refractivity contribution in [3.05, 3.63) is 23.9 Å². The average Bonchev–Trinajstić information content (AvgIpc) is 2.49. The first-order chi connectivity index (χ1) is 5.83. The number of nitrogen functional groups attached to an aromatic ring is 1. The summed E-state index contributed by atoms with van der Waals surface area (Å²) < 4.78 is 0. The Morgan fingerprint density at radius 2 is 2.33 bits per heavy atom. The van der Waals surface area contributed by atoms with E-state index in [9.17, 15) is 0 Å². The van der Waals surface area contributed by atoms with Crippen LogP contribution in [0.3, 0.4) is 0 Å². The number of benzene rings is 1. The van der Waals surface area contributed by atoms with Crippen molar-refractivity contribution in [3.63, 3.8) is 0 Å². The van der Waals surface area contributed by atoms with Crippen molar-refractivity contribution >= 4 is 16.6 Å². The van der Waals surface area contributed by atoms with E-state index in [1.807, 2.05) is 12.1 Å². The minimum atomic E-state index is 0.386. The molecule has 0 atom stereocenters. The van der Waals surface area contributed by atoms with Gasteiger partial charge in [0.25, 0.3) is 0 Å². The van der Waals surface area contributed by atoms with Crippen molar-refractivity contribution in [2.24, 2.45) is 0 Å². The van der Waals surface area contributed by atoms with Crippen LogP contribution in [-0.4, -0.2) is 10.2 Å². The second-order valence-corrected chi connectivity index (χ2v) is 2.45. The van der Waals surface area contributed by atoms with E-state index in [1.54, 1.807) is 12.1 Å². The molecule has 0 saturated heterocycles. The molecule has 2 rings (SSSR count). The van der Waals surface area contributed by atoms with Gasteiger partial charge in [0, 0.05) is 5.39 Å². The van der Waals surface area contributed by atoms with Crippen molar-refractivity contribution in [1.82, 2.24) is 10.2 Å². The number of fused-ring (bicyclic) bond motifs is 1. The highest BCUT2D eigenvalue weighted by Crippen LogP contribution is 2.20. The Hall–Kier alpha value is -2.02. The number of aromatic nitrogens is 2. The highest BCUT2D eigenvalue weighted by Gasteiger charge is 2.05. The highest BCUT2D eigenvalue weighted by molar-refractivity contribution is 5.92. The van der Waals surface area contributed by atoms with E-state index in [0.717, 1.165) is 10.9 Å². The summed E-state index contributed by atoms with van der Waals surface area (Å²) in [6, 6.07) is 7.36. The van der Waals surface area contributed by atoms with Gasteiger partial charge in [-0.3, -0.25) is 5.10 Å². The molecule has 12 heavy (non-hydrogen) atoms. The van der Waals surface area contributed by atoms with Gasteiger partial charge in [-0.25, -0.2) is 0 Å². The maximum absolute atomic E-state index is 8.64. The number of H-pyrrole nitrogens is 1. The van der Waals surface area contributed by atoms with E-state index >= 15 is 0 Å². The van der Waals surface area contributed by atoms with Crippen LogP contribution in [0.15, 0.2) is 18.2 Å². The Balaban J connectivity index is 2.91. The molecule has 1 aromatic carbocycles. The van der Waals surface area contributed by atoms with Crippen LogP contribution in [-0.2, 0) is 0 Å². The van der Waals surface area contributed by atoms with Gasteiger partial charge in [0.1, 0.15) is 6.07 Å². The van der Waals surface area contributed by atoms with Gasteiger partial charge in [-0.15, -0.1) is 0 Å². The van der Waals surface area contributed by atoms with Gasteiger partial charge < -0.3 is 5.73 Å². The van der Waals surface area contributed by atoms with E-state index < -0.39 is 0 Å². The molecule has 0 radical (unpaired) electrons. The van der Waals surface area contributed by atoms with Crippen LogP contribution in [0.2, 0.25) is 0 Å². The topological polar surface area (TPSA) is 78.5 Å². The molecule has 0 aliphatic carbocycles. The second-order valence-electron chi connectivity index (χ2n) is 2.45. The number of nitrogens with two attached hydrogens (primary N) is 1. The van der Waals surface area contributed by atoms with E-state index in [2.05, 4.69) is 10.2 Å². The minimum absolute atomic E-state index is 0.386. The van der Waals surface area contributed by atoms with Crippen LogP contribution in [0.1, 0.15) is 5.69 Å². The van der Waals surface area contributed by atoms with Crippen LogP contribution < -0.4 is 5.73 Å². The second kappa shape index (κ2) is 2.24. The van der Waals surface area contributed by atoms with Gasteiger partial charge in [-0.05, 0) is 12.1 Å². The predicted molar refractivity (Wildman–Crippen MR) is 45.2 cm³/mol. The van der Waals surface area contributed by atoms with Gasteiger partial charge in [-0.1, -0.05) is 6.07 Å². The number of aromatic amines is 1. The Kier molecular flexibility index (Phi) is 1.25. The molecule has 0 saturated carbocycles. The van der Waals surface area contributed by atoms with E-state index in [1.165, 1.54) is 0 Å². The zero-order valence-corrected chi connectivity index (χ0v) is 6.20. The lowest BCUT2D eigenvalue weighted by Crippen LogP contribution is -1.84. The zero-order chi connectivity index (χ0) is 8.55. The van der Waals surface area contributed by atoms with Gasteiger partial charge in [0.15, 0.2) is 5.69 Å². The van der Waals surface area contributed by atoms with Crippen LogP contribution >= 0.6 is 0 Å². The molecule has 4 nitrogen and oxygen atoms in total. The molecule has 0 amide bonds. The van der Waals surface area contributed by atoms with E-state index in [4.69, 9.17) is 11.0 Å². The van der Waals surface area contributed by atoms with Gasteiger partial charge in [0.2, 0.25) is 0 Å². The number of nitriles is 1. The third-order valence-electron chi connectivity index (χ3n) is 1.74. The molecule has 0 bridgehead atoms. The van der Waals surface area contributed by atoms with Crippen molar-refractivity contribution in [3.8, 4) is 6.07 Å². The first-order valence-corrected chi connectivity index (χ1v) is 3.45. The fourth-order valence-corrected chi connectivity index (χ4v) is 1.15. The zero-order valence-electron chi connectivity index (χ0n) is 6.20. The average molecular weight is 158 g/mol. The molecule has 4 heteroatoms. The number of nitrogens with one attached hydrogen (secondary N) is 1. The third kappa shape index (κ3) is 0.736. The standard InChI is InChI=1S/C8H6N4/c9-4-7-5-2-1-3-6(10)8(5)12-11-7/h1-3H,10H2,(H,11,12). The highest BCUT2D eigenvalue weighted by atomic mass is 15.1. The van der Waals surface area contributed by atoms with E-state index in [-0.39, 0.29) is 0 Å². The SMILES string of the molecule is N#Cc1n[nH]c2c(N)cccc12. The molecule has 1 aromatic heterocycles. The lowest BCUT2D eigenvalue weighted by Gasteiger charge is -1.92. The van der Waals surface area contributed by atoms with Crippen molar-refractivity contribution in [1.29, 1.82) is 5.26 Å². The van der Waals surface area contributed by atoms with Crippen LogP contribution in [0.4, 0.5) is 5.69 Å². The van der Waals surface area contributed by atoms with Gasteiger partial charge >= 0.3 is 0 Å². The van der Waals surface area contributed by atoms with Crippen molar-refractivity contribution in [2.75, 3.05) is 5.73 Å². The smallest absolute Gasteiger partial charge is 0.170 e. The molecule has 1 heterocycles. The normalized spacial score (nSPS) is 9.92. The molecular weight excluding hydrogens is 152 g/mol. The van der Waals surface area contributed by atoms with Crippen LogP contribution in [0.25, 0.3) is 10.9 Å². The first kappa shape index (κ1) is 6.68. The fourth-order valence-electron chi connectivity index (χ4n) is 1.15. The predicted octanol–water partition coefficient (Wildman–Crippen LogP) is 1.02. The number of rotatable bonds is 0. The number of hydrogen-bond donors (Lipinski definition) is 2. The summed E-state index contributed by atoms with van der Waals surface area (Å²) in [6.07, 6.45) is 0. The third-order valence-corrected chi connectivity index (χ3v) is 1.74. The van der Waals surface area contributed by atoms with E-state index in [0.29, 0.717) is 11.4 Å². The first-order valence-electron chi connectivity index (χ1n) is 3.45. The summed E-state index contributed by atoms with van der Waals surface area (Å²) >= 11 is 0. The molecular formula is C8H6N4. The molecule has 0 unspecified atom stereocenters. The summed E-state index contributed by atoms with van der Waals surface area (Å²) in [5.41, 5.74) is 7.37. The molecule has 2 aromatic rings. The van der Waals surface area contributed by atoms with Gasteiger partial charge in [-0.2, -0.15) is 10.4 Å². The molecule has 58 valence electrons. The largest absolute Gasteiger partial charge is 0.397 e. The number of hydrogen-bond acceptors (Lipinski definition) is 3. The summed E-state index contributed by atoms with van der Waals surface area (Å²) in [4.78, 5) is 0. The molecule has 0 spiro atoms. The monoisotopic (exact) mass is 158 g/mol. The molecule has 3 N–H and O–H groups in total. The Labute approximate surface area is 68.6 Å². The van der Waals surface area contributed by atoms with Crippen molar-refractivity contribution in [2.45, 2.75) is 0 Å². The number of para-hydroxylation sites is 1. The summed E-state index contributed by atoms with van der Waals surface area (Å²) in [5.74, 6) is 0. The van der Waals surface area contributed by atoms with Gasteiger partial charge in [0.05, 0.1) is 11.2 Å². The summed E-state index contributed by atoms with van der Waals surface area (Å²) in [5, 5.41) is 15.9. The molecule has 0 fully saturated rings. The number of anilines is 1.